The Morgan fingerprint density at radius 1 is 1.00 bits per heavy atom. The van der Waals surface area contributed by atoms with Gasteiger partial charge in [-0.3, -0.25) is 14.7 Å². The van der Waals surface area contributed by atoms with Crippen molar-refractivity contribution in [1.29, 1.82) is 0 Å². The molecule has 4 aromatic rings. The zero-order valence-electron chi connectivity index (χ0n) is 16.4. The first-order valence-electron chi connectivity index (χ1n) is 9.64. The molecule has 0 fully saturated rings. The predicted octanol–water partition coefficient (Wildman–Crippen LogP) is 4.74. The van der Waals surface area contributed by atoms with Crippen LogP contribution in [0.15, 0.2) is 72.8 Å². The number of anilines is 1. The van der Waals surface area contributed by atoms with E-state index in [9.17, 15) is 14.7 Å². The molecule has 1 heterocycles. The Balaban J connectivity index is 1.61. The van der Waals surface area contributed by atoms with Crippen molar-refractivity contribution in [1.82, 2.24) is 10.2 Å². The van der Waals surface area contributed by atoms with E-state index in [1.165, 1.54) is 5.56 Å². The number of fused-ring (bicyclic) bond motifs is 1. The zero-order chi connectivity index (χ0) is 21.1. The van der Waals surface area contributed by atoms with Crippen LogP contribution in [0.1, 0.15) is 23.5 Å². The average Bonchev–Trinajstić information content (AvgIpc) is 3.14. The molecule has 4 rings (SSSR count). The number of carboxylic acids is 1. The molecule has 0 saturated heterocycles. The zero-order valence-corrected chi connectivity index (χ0v) is 16.4. The highest BCUT2D eigenvalue weighted by Crippen LogP contribution is 2.29. The van der Waals surface area contributed by atoms with Crippen molar-refractivity contribution >= 4 is 28.6 Å². The average molecular weight is 399 g/mol. The van der Waals surface area contributed by atoms with E-state index < -0.39 is 17.8 Å². The van der Waals surface area contributed by atoms with Gasteiger partial charge in [-0.05, 0) is 35.7 Å². The number of benzene rings is 3. The molecule has 1 unspecified atom stereocenters. The van der Waals surface area contributed by atoms with Gasteiger partial charge in [0.25, 0.3) is 0 Å². The predicted molar refractivity (Wildman–Crippen MR) is 116 cm³/mol. The molecule has 3 aromatic carbocycles. The van der Waals surface area contributed by atoms with Gasteiger partial charge in [-0.2, -0.15) is 5.10 Å². The van der Waals surface area contributed by atoms with Crippen molar-refractivity contribution in [3.8, 4) is 11.1 Å². The second-order valence-electron chi connectivity index (χ2n) is 7.25. The van der Waals surface area contributed by atoms with E-state index in [1.807, 2.05) is 49.4 Å². The number of nitrogens with zero attached hydrogens (tertiary/aromatic N) is 1. The first-order chi connectivity index (χ1) is 14.5. The van der Waals surface area contributed by atoms with Crippen LogP contribution in [-0.4, -0.2) is 27.2 Å². The van der Waals surface area contributed by atoms with Gasteiger partial charge in [0, 0.05) is 5.39 Å². The van der Waals surface area contributed by atoms with Crippen molar-refractivity contribution in [3.63, 3.8) is 0 Å². The minimum atomic E-state index is -1.03. The van der Waals surface area contributed by atoms with Crippen LogP contribution >= 0.6 is 0 Å². The monoisotopic (exact) mass is 399 g/mol. The van der Waals surface area contributed by atoms with Gasteiger partial charge in [-0.15, -0.1) is 0 Å². The van der Waals surface area contributed by atoms with Gasteiger partial charge in [0.1, 0.15) is 0 Å². The highest BCUT2D eigenvalue weighted by atomic mass is 16.4. The maximum Gasteiger partial charge on any atom is 0.304 e. The SMILES string of the molecule is Cc1cccc(-c2ccc3c(NC(=O)C(CC(=O)O)c4ccccc4)n[nH]c3c2)c1. The Morgan fingerprint density at radius 2 is 1.77 bits per heavy atom. The van der Waals surface area contributed by atoms with Gasteiger partial charge in [0.15, 0.2) is 5.82 Å². The standard InChI is InChI=1S/C24H21N3O3/c1-15-6-5-9-17(12-15)18-10-11-19-21(13-18)26-27-23(19)25-24(30)20(14-22(28)29)16-7-3-2-4-8-16/h2-13,20H,14H2,1H3,(H,28,29)(H2,25,26,27,30). The molecule has 30 heavy (non-hydrogen) atoms. The minimum Gasteiger partial charge on any atom is -0.481 e. The number of aliphatic carboxylic acids is 1. The molecular formula is C24H21N3O3. The van der Waals surface area contributed by atoms with E-state index >= 15 is 0 Å². The molecule has 1 aromatic heterocycles. The highest BCUT2D eigenvalue weighted by Gasteiger charge is 2.25. The van der Waals surface area contributed by atoms with E-state index in [-0.39, 0.29) is 6.42 Å². The molecular weight excluding hydrogens is 378 g/mol. The number of carboxylic acid groups (broad SMARTS) is 1. The lowest BCUT2D eigenvalue weighted by Gasteiger charge is -2.14. The molecule has 0 saturated carbocycles. The quantitative estimate of drug-likeness (QED) is 0.437. The fourth-order valence-corrected chi connectivity index (χ4v) is 3.54. The first kappa shape index (κ1) is 19.4. The van der Waals surface area contributed by atoms with E-state index in [0.29, 0.717) is 11.4 Å². The van der Waals surface area contributed by atoms with Crippen molar-refractivity contribution < 1.29 is 14.7 Å². The number of hydrogen-bond acceptors (Lipinski definition) is 3. The summed E-state index contributed by atoms with van der Waals surface area (Å²) in [4.78, 5) is 24.2. The Morgan fingerprint density at radius 3 is 2.50 bits per heavy atom. The molecule has 0 aliphatic carbocycles. The molecule has 6 heteroatoms. The summed E-state index contributed by atoms with van der Waals surface area (Å²) < 4.78 is 0. The smallest absolute Gasteiger partial charge is 0.304 e. The molecule has 1 atom stereocenters. The summed E-state index contributed by atoms with van der Waals surface area (Å²) in [5.74, 6) is -1.85. The summed E-state index contributed by atoms with van der Waals surface area (Å²) in [7, 11) is 0. The van der Waals surface area contributed by atoms with Gasteiger partial charge in [0.05, 0.1) is 17.9 Å². The molecule has 1 amide bonds. The van der Waals surface area contributed by atoms with Crippen molar-refractivity contribution in [2.24, 2.45) is 0 Å². The maximum atomic E-state index is 12.9. The van der Waals surface area contributed by atoms with Crippen LogP contribution in [0.3, 0.4) is 0 Å². The normalized spacial score (nSPS) is 11.9. The van der Waals surface area contributed by atoms with Gasteiger partial charge < -0.3 is 10.4 Å². The van der Waals surface area contributed by atoms with E-state index in [4.69, 9.17) is 0 Å². The highest BCUT2D eigenvalue weighted by molar-refractivity contribution is 6.03. The Hall–Kier alpha value is -3.93. The molecule has 0 spiro atoms. The third kappa shape index (κ3) is 4.07. The van der Waals surface area contributed by atoms with Gasteiger partial charge >= 0.3 is 5.97 Å². The lowest BCUT2D eigenvalue weighted by Crippen LogP contribution is -2.23. The molecule has 0 bridgehead atoms. The second kappa shape index (κ2) is 8.21. The molecule has 0 aliphatic heterocycles. The fraction of sp³-hybridized carbons (Fsp3) is 0.125. The Kier molecular flexibility index (Phi) is 5.30. The summed E-state index contributed by atoms with van der Waals surface area (Å²) in [5, 5.41) is 20.0. The minimum absolute atomic E-state index is 0.296. The lowest BCUT2D eigenvalue weighted by atomic mass is 9.95. The number of nitrogens with one attached hydrogen (secondary N) is 2. The number of aromatic nitrogens is 2. The van der Waals surface area contributed by atoms with Crippen LogP contribution < -0.4 is 5.32 Å². The van der Waals surface area contributed by atoms with E-state index in [2.05, 4.69) is 21.6 Å². The van der Waals surface area contributed by atoms with Crippen molar-refractivity contribution in [3.05, 3.63) is 83.9 Å². The van der Waals surface area contributed by atoms with Crippen LogP contribution in [0, 0.1) is 6.92 Å². The van der Waals surface area contributed by atoms with E-state index in [0.717, 1.165) is 22.0 Å². The lowest BCUT2D eigenvalue weighted by molar-refractivity contribution is -0.139. The van der Waals surface area contributed by atoms with E-state index in [1.54, 1.807) is 24.3 Å². The number of hydrogen-bond donors (Lipinski definition) is 3. The van der Waals surface area contributed by atoms with Gasteiger partial charge in [0.2, 0.25) is 5.91 Å². The molecule has 0 radical (unpaired) electrons. The number of rotatable bonds is 6. The maximum absolute atomic E-state index is 12.9. The number of amides is 1. The molecule has 150 valence electrons. The first-order valence-corrected chi connectivity index (χ1v) is 9.64. The third-order valence-electron chi connectivity index (χ3n) is 5.05. The number of carbonyl (C=O) groups excluding carboxylic acids is 1. The van der Waals surface area contributed by atoms with Crippen LogP contribution in [0.2, 0.25) is 0 Å². The number of carbonyl (C=O) groups is 2. The van der Waals surface area contributed by atoms with Crippen LogP contribution in [0.5, 0.6) is 0 Å². The summed E-state index contributed by atoms with van der Waals surface area (Å²) in [6.45, 7) is 2.05. The Bertz CT molecular complexity index is 1210. The molecule has 6 nitrogen and oxygen atoms in total. The molecule has 3 N–H and O–H groups in total. The second-order valence-corrected chi connectivity index (χ2v) is 7.25. The largest absolute Gasteiger partial charge is 0.481 e. The molecule has 0 aliphatic rings. The summed E-state index contributed by atoms with van der Waals surface area (Å²) in [6.07, 6.45) is -0.296. The topological polar surface area (TPSA) is 95.1 Å². The van der Waals surface area contributed by atoms with Crippen LogP contribution in [-0.2, 0) is 9.59 Å². The number of aryl methyl sites for hydroxylation is 1. The summed E-state index contributed by atoms with van der Waals surface area (Å²) in [6, 6.07) is 23.0. The third-order valence-corrected chi connectivity index (χ3v) is 5.05. The number of aromatic amines is 1. The van der Waals surface area contributed by atoms with Crippen LogP contribution in [0.4, 0.5) is 5.82 Å². The van der Waals surface area contributed by atoms with Crippen molar-refractivity contribution in [2.45, 2.75) is 19.3 Å². The van der Waals surface area contributed by atoms with Gasteiger partial charge in [-0.25, -0.2) is 0 Å². The summed E-state index contributed by atoms with van der Waals surface area (Å²) in [5.41, 5.74) is 4.76. The number of H-pyrrole nitrogens is 1. The summed E-state index contributed by atoms with van der Waals surface area (Å²) >= 11 is 0. The van der Waals surface area contributed by atoms with Gasteiger partial charge in [-0.1, -0.05) is 66.2 Å². The fourth-order valence-electron chi connectivity index (χ4n) is 3.54. The van der Waals surface area contributed by atoms with Crippen LogP contribution in [0.25, 0.3) is 22.0 Å². The Labute approximate surface area is 173 Å². The van der Waals surface area contributed by atoms with Crippen molar-refractivity contribution in [2.75, 3.05) is 5.32 Å².